The van der Waals surface area contributed by atoms with Crippen molar-refractivity contribution in [1.29, 1.82) is 0 Å². The Morgan fingerprint density at radius 2 is 1.47 bits per heavy atom. The molecule has 0 amide bonds. The van der Waals surface area contributed by atoms with E-state index in [2.05, 4.69) is 6.92 Å². The van der Waals surface area contributed by atoms with Crippen LogP contribution in [-0.4, -0.2) is 11.6 Å². The molecule has 0 saturated carbocycles. The Labute approximate surface area is 120 Å². The van der Waals surface area contributed by atoms with Crippen LogP contribution in [0.25, 0.3) is 0 Å². The van der Waals surface area contributed by atoms with E-state index in [0.29, 0.717) is 4.99 Å². The molecular weight excluding hydrogens is 254 g/mol. The van der Waals surface area contributed by atoms with Gasteiger partial charge in [0.1, 0.15) is 10.7 Å². The molecule has 2 N–H and O–H groups in total. The smallest absolute Gasteiger partial charge is 0.119 e. The number of benzene rings is 2. The van der Waals surface area contributed by atoms with Crippen LogP contribution in [0.15, 0.2) is 60.7 Å². The fraction of sp³-hybridized carbons (Fsp3) is 0.188. The molecule has 19 heavy (non-hydrogen) atoms. The zero-order valence-electron chi connectivity index (χ0n) is 11.1. The van der Waals surface area contributed by atoms with E-state index in [1.807, 2.05) is 60.7 Å². The first kappa shape index (κ1) is 15.2. The lowest BCUT2D eigenvalue weighted by Crippen LogP contribution is -2.08. The van der Waals surface area contributed by atoms with Gasteiger partial charge >= 0.3 is 0 Å². The van der Waals surface area contributed by atoms with Crippen molar-refractivity contribution in [3.05, 3.63) is 66.2 Å². The monoisotopic (exact) mass is 273 g/mol. The summed E-state index contributed by atoms with van der Waals surface area (Å²) in [7, 11) is 0. The highest BCUT2D eigenvalue weighted by atomic mass is 32.1. The number of thiocarbonyl (C=S) groups is 1. The Kier molecular flexibility index (Phi) is 7.28. The maximum absolute atomic E-state index is 5.45. The van der Waals surface area contributed by atoms with E-state index in [1.54, 1.807) is 0 Å². The predicted octanol–water partition coefficient (Wildman–Crippen LogP) is 3.80. The second kappa shape index (κ2) is 9.11. The molecule has 0 unspecified atom stereocenters. The Hall–Kier alpha value is -1.87. The van der Waals surface area contributed by atoms with Gasteiger partial charge in [-0.2, -0.15) is 0 Å². The van der Waals surface area contributed by atoms with Gasteiger partial charge in [0.05, 0.1) is 6.61 Å². The van der Waals surface area contributed by atoms with Crippen molar-refractivity contribution >= 4 is 17.2 Å². The maximum Gasteiger partial charge on any atom is 0.119 e. The van der Waals surface area contributed by atoms with Gasteiger partial charge < -0.3 is 10.5 Å². The van der Waals surface area contributed by atoms with E-state index in [0.717, 1.165) is 24.3 Å². The normalized spacial score (nSPS) is 9.11. The third-order valence-corrected chi connectivity index (χ3v) is 2.51. The van der Waals surface area contributed by atoms with Crippen molar-refractivity contribution in [3.8, 4) is 5.75 Å². The molecule has 0 radical (unpaired) electrons. The van der Waals surface area contributed by atoms with Crippen molar-refractivity contribution in [3.63, 3.8) is 0 Å². The number of hydrogen-bond acceptors (Lipinski definition) is 2. The van der Waals surface area contributed by atoms with Crippen LogP contribution in [0.4, 0.5) is 0 Å². The van der Waals surface area contributed by atoms with Gasteiger partial charge in [0.2, 0.25) is 0 Å². The third kappa shape index (κ3) is 6.58. The van der Waals surface area contributed by atoms with Gasteiger partial charge in [-0.05, 0) is 30.7 Å². The molecule has 0 bridgehead atoms. The lowest BCUT2D eigenvalue weighted by atomic mass is 10.2. The highest BCUT2D eigenvalue weighted by molar-refractivity contribution is 7.80. The van der Waals surface area contributed by atoms with Crippen molar-refractivity contribution in [2.75, 3.05) is 6.61 Å². The summed E-state index contributed by atoms with van der Waals surface area (Å²) >= 11 is 4.83. The summed E-state index contributed by atoms with van der Waals surface area (Å²) in [5, 5.41) is 0. The average Bonchev–Trinajstić information content (AvgIpc) is 2.48. The molecule has 0 aliphatic carbocycles. The third-order valence-electron chi connectivity index (χ3n) is 2.28. The molecule has 0 heterocycles. The van der Waals surface area contributed by atoms with Gasteiger partial charge in [0, 0.05) is 5.56 Å². The molecule has 100 valence electrons. The zero-order valence-corrected chi connectivity index (χ0v) is 11.9. The van der Waals surface area contributed by atoms with Gasteiger partial charge in [-0.1, -0.05) is 55.5 Å². The summed E-state index contributed by atoms with van der Waals surface area (Å²) < 4.78 is 5.41. The second-order valence-electron chi connectivity index (χ2n) is 3.89. The summed E-state index contributed by atoms with van der Waals surface area (Å²) in [5.41, 5.74) is 6.33. The maximum atomic E-state index is 5.45. The van der Waals surface area contributed by atoms with Crippen LogP contribution in [-0.2, 0) is 0 Å². The average molecular weight is 273 g/mol. The number of ether oxygens (including phenoxy) is 1. The van der Waals surface area contributed by atoms with Crippen LogP contribution in [0.5, 0.6) is 5.75 Å². The predicted molar refractivity (Wildman–Crippen MR) is 84.6 cm³/mol. The molecule has 0 saturated heterocycles. The lowest BCUT2D eigenvalue weighted by Gasteiger charge is -2.04. The molecule has 2 rings (SSSR count). The second-order valence-corrected chi connectivity index (χ2v) is 4.33. The van der Waals surface area contributed by atoms with Crippen molar-refractivity contribution in [2.24, 2.45) is 5.73 Å². The minimum Gasteiger partial charge on any atom is -0.494 e. The first-order valence-corrected chi connectivity index (χ1v) is 6.67. The van der Waals surface area contributed by atoms with Crippen LogP contribution < -0.4 is 10.5 Å². The van der Waals surface area contributed by atoms with Gasteiger partial charge in [-0.25, -0.2) is 0 Å². The van der Waals surface area contributed by atoms with Crippen LogP contribution >= 0.6 is 12.2 Å². The standard InChI is InChI=1S/C10H13NOS.C6H6/c1-2-7-12-9-5-3-8(4-6-9)10(11)13;1-2-4-6-5-3-1/h3-6H,2,7H2,1H3,(H2,11,13);1-6H. The lowest BCUT2D eigenvalue weighted by molar-refractivity contribution is 0.317. The Morgan fingerprint density at radius 3 is 1.84 bits per heavy atom. The number of rotatable bonds is 4. The molecular formula is C16H19NOS. The van der Waals surface area contributed by atoms with Gasteiger partial charge in [0.15, 0.2) is 0 Å². The van der Waals surface area contributed by atoms with E-state index in [1.165, 1.54) is 0 Å². The Bertz CT molecular complexity index is 441. The molecule has 0 aliphatic rings. The molecule has 2 aromatic carbocycles. The Morgan fingerprint density at radius 1 is 1.00 bits per heavy atom. The first-order chi connectivity index (χ1) is 9.24. The SMILES string of the molecule is CCCOc1ccc(C(N)=S)cc1.c1ccccc1. The fourth-order valence-electron chi connectivity index (χ4n) is 1.32. The van der Waals surface area contributed by atoms with E-state index >= 15 is 0 Å². The molecule has 0 aromatic heterocycles. The van der Waals surface area contributed by atoms with E-state index < -0.39 is 0 Å². The molecule has 0 spiro atoms. The molecule has 2 nitrogen and oxygen atoms in total. The molecule has 0 aliphatic heterocycles. The van der Waals surface area contributed by atoms with Crippen molar-refractivity contribution in [1.82, 2.24) is 0 Å². The molecule has 2 aromatic rings. The summed E-state index contributed by atoms with van der Waals surface area (Å²) in [6, 6.07) is 19.5. The van der Waals surface area contributed by atoms with Crippen LogP contribution in [0, 0.1) is 0 Å². The zero-order chi connectivity index (χ0) is 13.9. The summed E-state index contributed by atoms with van der Waals surface area (Å²) in [6.07, 6.45) is 1.01. The van der Waals surface area contributed by atoms with Gasteiger partial charge in [0.25, 0.3) is 0 Å². The van der Waals surface area contributed by atoms with Crippen LogP contribution in [0.1, 0.15) is 18.9 Å². The van der Waals surface area contributed by atoms with E-state index in [4.69, 9.17) is 22.7 Å². The van der Waals surface area contributed by atoms with Crippen LogP contribution in [0.3, 0.4) is 0 Å². The largest absolute Gasteiger partial charge is 0.494 e. The number of nitrogens with two attached hydrogens (primary N) is 1. The van der Waals surface area contributed by atoms with Crippen molar-refractivity contribution in [2.45, 2.75) is 13.3 Å². The minimum absolute atomic E-state index is 0.419. The minimum atomic E-state index is 0.419. The quantitative estimate of drug-likeness (QED) is 0.861. The molecule has 0 atom stereocenters. The highest BCUT2D eigenvalue weighted by Gasteiger charge is 1.96. The first-order valence-electron chi connectivity index (χ1n) is 6.26. The van der Waals surface area contributed by atoms with E-state index in [9.17, 15) is 0 Å². The van der Waals surface area contributed by atoms with Gasteiger partial charge in [-0.3, -0.25) is 0 Å². The summed E-state index contributed by atoms with van der Waals surface area (Å²) in [4.78, 5) is 0.419. The molecule has 0 fully saturated rings. The van der Waals surface area contributed by atoms with Gasteiger partial charge in [-0.15, -0.1) is 0 Å². The summed E-state index contributed by atoms with van der Waals surface area (Å²) in [5.74, 6) is 0.863. The van der Waals surface area contributed by atoms with Crippen LogP contribution in [0.2, 0.25) is 0 Å². The summed E-state index contributed by atoms with van der Waals surface area (Å²) in [6.45, 7) is 2.82. The fourth-order valence-corrected chi connectivity index (χ4v) is 1.46. The van der Waals surface area contributed by atoms with E-state index in [-0.39, 0.29) is 0 Å². The molecule has 3 heteroatoms. The topological polar surface area (TPSA) is 35.2 Å². The highest BCUT2D eigenvalue weighted by Crippen LogP contribution is 2.12. The van der Waals surface area contributed by atoms with Crippen molar-refractivity contribution < 1.29 is 4.74 Å². The Balaban J connectivity index is 0.000000250. The number of hydrogen-bond donors (Lipinski definition) is 1.